The normalized spacial score (nSPS) is 28.5. The second-order valence-corrected chi connectivity index (χ2v) is 16.2. The van der Waals surface area contributed by atoms with Gasteiger partial charge in [0, 0.05) is 15.6 Å². The summed E-state index contributed by atoms with van der Waals surface area (Å²) in [6, 6.07) is 0. The zero-order valence-corrected chi connectivity index (χ0v) is 25.8. The minimum atomic E-state index is -3.75. The number of anilines is 2. The highest BCUT2D eigenvalue weighted by Gasteiger charge is 2.53. The third-order valence-electron chi connectivity index (χ3n) is 6.83. The third kappa shape index (κ3) is 6.50. The van der Waals surface area contributed by atoms with Crippen molar-refractivity contribution < 1.29 is 41.3 Å². The quantitative estimate of drug-likeness (QED) is 0.108. The van der Waals surface area contributed by atoms with E-state index >= 15 is 4.39 Å². The molecule has 2 unspecified atom stereocenters. The smallest absolute Gasteiger partial charge is 0.382 e. The zero-order chi connectivity index (χ0) is 31.9. The summed E-state index contributed by atoms with van der Waals surface area (Å²) in [5.41, 5.74) is 8.73. The van der Waals surface area contributed by atoms with Gasteiger partial charge in [0.05, 0.1) is 25.4 Å². The molecule has 0 saturated carbocycles. The minimum Gasteiger partial charge on any atom is -0.382 e. The average Bonchev–Trinajstić information content (AvgIpc) is 3.77. The number of nitrogen functional groups attached to an aromatic ring is 2. The van der Waals surface area contributed by atoms with Crippen LogP contribution in [0.2, 0.25) is 0 Å². The second kappa shape index (κ2) is 13.0. The van der Waals surface area contributed by atoms with Crippen LogP contribution >= 0.6 is 25.5 Å². The molecular weight excluding hydrogens is 686 g/mol. The first-order valence-electron chi connectivity index (χ1n) is 12.8. The molecule has 2 saturated heterocycles. The number of hydrogen-bond acceptors (Lipinski definition) is 18. The molecule has 0 aliphatic carbocycles. The van der Waals surface area contributed by atoms with Gasteiger partial charge in [-0.3, -0.25) is 9.13 Å². The van der Waals surface area contributed by atoms with Crippen LogP contribution in [-0.2, 0) is 39.4 Å². The first-order valence-corrected chi connectivity index (χ1v) is 17.9. The monoisotopic (exact) mass is 708 g/mol. The Kier molecular flexibility index (Phi) is 9.26. The number of fused-ring (bicyclic) bond motifs is 2. The maximum absolute atomic E-state index is 15.9. The Balaban J connectivity index is 1.13. The van der Waals surface area contributed by atoms with Crippen molar-refractivity contribution >= 4 is 71.3 Å². The maximum atomic E-state index is 15.9. The highest BCUT2D eigenvalue weighted by atomic mass is 32.9. The van der Waals surface area contributed by atoms with E-state index in [1.54, 1.807) is 0 Å². The molecule has 2 fully saturated rings. The molecule has 240 valence electrons. The van der Waals surface area contributed by atoms with Gasteiger partial charge < -0.3 is 30.4 Å². The minimum absolute atomic E-state index is 0.0428. The Labute approximate surface area is 260 Å². The number of imidazole rings is 2. The van der Waals surface area contributed by atoms with Crippen LogP contribution in [0.25, 0.3) is 22.3 Å². The summed E-state index contributed by atoms with van der Waals surface area (Å²) in [7, 11) is -3.04. The Bertz CT molecular complexity index is 1790. The molecule has 2 aliphatic heterocycles. The molecule has 6 rings (SSSR count). The lowest BCUT2D eigenvalue weighted by Crippen LogP contribution is -2.33. The number of ether oxygens (including phenoxy) is 2. The molecule has 0 radical (unpaired) electrons. The molecule has 0 amide bonds. The van der Waals surface area contributed by atoms with Crippen molar-refractivity contribution in [1.29, 1.82) is 0 Å². The molecule has 25 heteroatoms. The summed E-state index contributed by atoms with van der Waals surface area (Å²) in [5.74, 6) is 0.160. The van der Waals surface area contributed by atoms with E-state index in [0.29, 0.717) is 0 Å². The van der Waals surface area contributed by atoms with Gasteiger partial charge in [-0.2, -0.15) is 0 Å². The van der Waals surface area contributed by atoms with Crippen LogP contribution in [0.15, 0.2) is 29.9 Å². The molecule has 6 heterocycles. The fourth-order valence-electron chi connectivity index (χ4n) is 4.85. The summed E-state index contributed by atoms with van der Waals surface area (Å²) in [6.07, 6.45) is -5.11. The van der Waals surface area contributed by atoms with Crippen LogP contribution in [0.4, 0.5) is 20.4 Å². The molecule has 19 nitrogen and oxygen atoms in total. The number of nitroso groups, excluding NO2 is 1. The van der Waals surface area contributed by atoms with Crippen molar-refractivity contribution in [3.05, 3.63) is 30.2 Å². The number of nitrogens with zero attached hydrogens (tertiary/aromatic N) is 9. The molecule has 9 atom stereocenters. The van der Waals surface area contributed by atoms with E-state index in [4.69, 9.17) is 46.3 Å². The fourth-order valence-corrected chi connectivity index (χ4v) is 7.12. The topological polar surface area (TPSA) is 252 Å². The maximum Gasteiger partial charge on any atom is 0.697 e. The van der Waals surface area contributed by atoms with Crippen LogP contribution in [0.1, 0.15) is 18.9 Å². The predicted octanol–water partition coefficient (Wildman–Crippen LogP) is 2.40. The van der Waals surface area contributed by atoms with Crippen LogP contribution in [0, 0.1) is 4.91 Å². The highest BCUT2D eigenvalue weighted by Crippen LogP contribution is 2.57. The average molecular weight is 709 g/mol. The van der Waals surface area contributed by atoms with Gasteiger partial charge in [0.25, 0.3) is 5.69 Å². The summed E-state index contributed by atoms with van der Waals surface area (Å²) < 4.78 is 76.3. The molecule has 45 heavy (non-hydrogen) atoms. The Morgan fingerprint density at radius 3 is 2.29 bits per heavy atom. The molecule has 5 N–H and O–H groups in total. The van der Waals surface area contributed by atoms with Crippen LogP contribution in [0.5, 0.6) is 0 Å². The predicted molar refractivity (Wildman–Crippen MR) is 156 cm³/mol. The van der Waals surface area contributed by atoms with E-state index < -0.39 is 63.7 Å². The SMILES string of the molecule is Nc1ncnc2c1ncn2[C@@H]1O[C@H](COP(O)(=S)SN=O)[C@@H](O[P+](=O)OC[C@@H]2C[C@@H](F)[C@H](n3cnc4c(N)ncnc43)O2)[C@H]1F. The Morgan fingerprint density at radius 1 is 1.04 bits per heavy atom. The number of aromatic nitrogens is 8. The van der Waals surface area contributed by atoms with E-state index in [-0.39, 0.29) is 58.6 Å². The van der Waals surface area contributed by atoms with E-state index in [0.717, 1.165) is 6.33 Å². The number of halogens is 2. The van der Waals surface area contributed by atoms with Gasteiger partial charge in [-0.1, -0.05) is 0 Å². The van der Waals surface area contributed by atoms with Gasteiger partial charge >= 0.3 is 8.25 Å². The van der Waals surface area contributed by atoms with Crippen molar-refractivity contribution in [2.75, 3.05) is 24.7 Å². The summed E-state index contributed by atoms with van der Waals surface area (Å²) in [6.45, 7) is -0.957. The number of hydrogen-bond donors (Lipinski definition) is 3. The second-order valence-electron chi connectivity index (χ2n) is 9.59. The van der Waals surface area contributed by atoms with Crippen molar-refractivity contribution in [2.24, 2.45) is 4.58 Å². The van der Waals surface area contributed by atoms with Gasteiger partial charge in [0.15, 0.2) is 47.7 Å². The molecule has 0 bridgehead atoms. The first-order chi connectivity index (χ1) is 21.6. The van der Waals surface area contributed by atoms with Gasteiger partial charge in [-0.05, 0) is 11.8 Å². The van der Waals surface area contributed by atoms with E-state index in [1.807, 2.05) is 0 Å². The van der Waals surface area contributed by atoms with Gasteiger partial charge in [0.1, 0.15) is 54.1 Å². The van der Waals surface area contributed by atoms with E-state index in [1.165, 1.54) is 28.1 Å². The number of rotatable bonds is 12. The molecule has 4 aromatic heterocycles. The van der Waals surface area contributed by atoms with Gasteiger partial charge in [-0.25, -0.2) is 38.7 Å². The van der Waals surface area contributed by atoms with Crippen molar-refractivity contribution in [3.63, 3.8) is 0 Å². The van der Waals surface area contributed by atoms with Gasteiger partial charge in [-0.15, -0.1) is 14.0 Å². The van der Waals surface area contributed by atoms with Gasteiger partial charge in [0.2, 0.25) is 0 Å². The van der Waals surface area contributed by atoms with Crippen molar-refractivity contribution in [3.8, 4) is 0 Å². The summed E-state index contributed by atoms with van der Waals surface area (Å²) >= 11 is 4.94. The molecule has 2 aliphatic rings. The summed E-state index contributed by atoms with van der Waals surface area (Å²) in [5, 5.41) is 0. The lowest BCUT2D eigenvalue weighted by atomic mass is 10.1. The Morgan fingerprint density at radius 2 is 1.67 bits per heavy atom. The first kappa shape index (κ1) is 32.0. The fraction of sp³-hybridized carbons (Fsp3) is 0.500. The van der Waals surface area contributed by atoms with Crippen molar-refractivity contribution in [2.45, 2.75) is 49.5 Å². The largest absolute Gasteiger partial charge is 0.697 e. The molecule has 4 aromatic rings. The van der Waals surface area contributed by atoms with Crippen LogP contribution < -0.4 is 11.5 Å². The third-order valence-corrected chi connectivity index (χ3v) is 10.4. The van der Waals surface area contributed by atoms with Crippen LogP contribution in [-0.4, -0.2) is 87.8 Å². The highest BCUT2D eigenvalue weighted by molar-refractivity contribution is 8.67. The standard InChI is InChI=1S/C20H21F2N11O8P2S2/c21-9-1-8(39-19(9)32-6-29-12-15(23)25-4-27-17(12)32)2-37-42(35)41-14-10(3-38-43(36,44)45-31-34)40-20(11(14)22)33-7-30-13-16(24)26-5-28-18(13)33/h4-11,14,19-20H,1-3H2,(H4-,23,24,25,26,27,28,36,44)/p+1/t8-,9+,10+,11+,14+,19+,20+,43?/m0/s1. The lowest BCUT2D eigenvalue weighted by Gasteiger charge is -2.17. The number of nitrogens with two attached hydrogens (primary N) is 2. The lowest BCUT2D eigenvalue weighted by molar-refractivity contribution is -0.0419. The summed E-state index contributed by atoms with van der Waals surface area (Å²) in [4.78, 5) is 44.7. The zero-order valence-electron chi connectivity index (χ0n) is 22.4. The number of alkyl halides is 2. The van der Waals surface area contributed by atoms with E-state index in [2.05, 4.69) is 34.5 Å². The molecule has 0 spiro atoms. The van der Waals surface area contributed by atoms with Crippen molar-refractivity contribution in [1.82, 2.24) is 39.0 Å². The van der Waals surface area contributed by atoms with Crippen LogP contribution in [0.3, 0.4) is 0 Å². The molecule has 0 aromatic carbocycles. The van der Waals surface area contributed by atoms with E-state index in [9.17, 15) is 18.8 Å². The Hall–Kier alpha value is -2.98. The molecular formula is C20H22F2N11O8P2S2+.